The minimum Gasteiger partial charge on any atom is -0.467 e. The van der Waals surface area contributed by atoms with Gasteiger partial charge in [0, 0.05) is 19.5 Å². The third-order valence-corrected chi connectivity index (χ3v) is 3.14. The standard InChI is InChI=1S/C15H16N4O/c1-16-14-12-7-3-4-8-13(12)17-15(18-14)19(2)10-11-6-5-9-20-11/h3-9H,10H2,1-2H3,(H,16,17,18). The number of furan rings is 1. The van der Waals surface area contributed by atoms with E-state index in [1.807, 2.05) is 55.4 Å². The smallest absolute Gasteiger partial charge is 0.228 e. The first-order valence-corrected chi connectivity index (χ1v) is 6.46. The molecule has 20 heavy (non-hydrogen) atoms. The summed E-state index contributed by atoms with van der Waals surface area (Å²) in [5.74, 6) is 2.39. The first-order valence-electron chi connectivity index (χ1n) is 6.46. The van der Waals surface area contributed by atoms with Crippen LogP contribution in [0.25, 0.3) is 10.9 Å². The number of para-hydroxylation sites is 1. The molecule has 1 N–H and O–H groups in total. The van der Waals surface area contributed by atoms with Crippen LogP contribution in [0.2, 0.25) is 0 Å². The van der Waals surface area contributed by atoms with Gasteiger partial charge in [0.25, 0.3) is 0 Å². The maximum Gasteiger partial charge on any atom is 0.228 e. The van der Waals surface area contributed by atoms with Gasteiger partial charge >= 0.3 is 0 Å². The molecule has 3 aromatic rings. The second kappa shape index (κ2) is 5.21. The molecule has 0 saturated carbocycles. The van der Waals surface area contributed by atoms with Gasteiger partial charge in [-0.3, -0.25) is 0 Å². The summed E-state index contributed by atoms with van der Waals surface area (Å²) in [5.41, 5.74) is 0.924. The SMILES string of the molecule is CNc1nc(N(C)Cc2ccco2)nc2ccccc12. The van der Waals surface area contributed by atoms with E-state index in [0.29, 0.717) is 12.5 Å². The Bertz CT molecular complexity index is 709. The van der Waals surface area contributed by atoms with Crippen LogP contribution in [0, 0.1) is 0 Å². The van der Waals surface area contributed by atoms with Crippen LogP contribution >= 0.6 is 0 Å². The van der Waals surface area contributed by atoms with E-state index in [1.54, 1.807) is 6.26 Å². The third kappa shape index (κ3) is 2.30. The lowest BCUT2D eigenvalue weighted by Crippen LogP contribution is -2.19. The van der Waals surface area contributed by atoms with Gasteiger partial charge in [-0.05, 0) is 24.3 Å². The van der Waals surface area contributed by atoms with Crippen LogP contribution in [0.15, 0.2) is 47.1 Å². The monoisotopic (exact) mass is 268 g/mol. The Hall–Kier alpha value is -2.56. The highest BCUT2D eigenvalue weighted by Crippen LogP contribution is 2.23. The normalized spacial score (nSPS) is 10.7. The van der Waals surface area contributed by atoms with Gasteiger partial charge < -0.3 is 14.6 Å². The molecule has 0 fully saturated rings. The minimum absolute atomic E-state index is 0.633. The molecule has 5 nitrogen and oxygen atoms in total. The average molecular weight is 268 g/mol. The summed E-state index contributed by atoms with van der Waals surface area (Å²) in [4.78, 5) is 11.1. The number of fused-ring (bicyclic) bond motifs is 1. The largest absolute Gasteiger partial charge is 0.467 e. The number of aromatic nitrogens is 2. The Morgan fingerprint density at radius 3 is 2.75 bits per heavy atom. The molecule has 102 valence electrons. The van der Waals surface area contributed by atoms with Gasteiger partial charge in [-0.1, -0.05) is 12.1 Å². The number of hydrogen-bond acceptors (Lipinski definition) is 5. The molecule has 0 bridgehead atoms. The Morgan fingerprint density at radius 1 is 1.15 bits per heavy atom. The van der Waals surface area contributed by atoms with Crippen molar-refractivity contribution < 1.29 is 4.42 Å². The molecule has 1 aromatic carbocycles. The van der Waals surface area contributed by atoms with Crippen LogP contribution in [0.5, 0.6) is 0 Å². The van der Waals surface area contributed by atoms with E-state index in [2.05, 4.69) is 15.3 Å². The van der Waals surface area contributed by atoms with Gasteiger partial charge in [-0.15, -0.1) is 0 Å². The van der Waals surface area contributed by atoms with E-state index in [0.717, 1.165) is 22.5 Å². The summed E-state index contributed by atoms with van der Waals surface area (Å²) < 4.78 is 5.36. The van der Waals surface area contributed by atoms with Gasteiger partial charge in [0.1, 0.15) is 11.6 Å². The van der Waals surface area contributed by atoms with Crippen LogP contribution in [0.1, 0.15) is 5.76 Å². The fourth-order valence-corrected chi connectivity index (χ4v) is 2.13. The van der Waals surface area contributed by atoms with E-state index in [-0.39, 0.29) is 0 Å². The quantitative estimate of drug-likeness (QED) is 0.788. The van der Waals surface area contributed by atoms with E-state index in [4.69, 9.17) is 4.42 Å². The molecular weight excluding hydrogens is 252 g/mol. The maximum atomic E-state index is 5.36. The average Bonchev–Trinajstić information content (AvgIpc) is 2.99. The Balaban J connectivity index is 1.98. The van der Waals surface area contributed by atoms with E-state index in [9.17, 15) is 0 Å². The lowest BCUT2D eigenvalue weighted by molar-refractivity contribution is 0.506. The van der Waals surface area contributed by atoms with Gasteiger partial charge in [-0.25, -0.2) is 4.98 Å². The van der Waals surface area contributed by atoms with Crippen molar-refractivity contribution in [3.05, 3.63) is 48.4 Å². The van der Waals surface area contributed by atoms with Crippen LogP contribution in [0.4, 0.5) is 11.8 Å². The molecule has 0 aliphatic heterocycles. The molecule has 3 rings (SSSR count). The van der Waals surface area contributed by atoms with E-state index < -0.39 is 0 Å². The third-order valence-electron chi connectivity index (χ3n) is 3.14. The summed E-state index contributed by atoms with van der Waals surface area (Å²) in [6.07, 6.45) is 1.67. The molecule has 0 atom stereocenters. The van der Waals surface area contributed by atoms with Gasteiger partial charge in [0.2, 0.25) is 5.95 Å². The molecule has 0 aliphatic carbocycles. The number of benzene rings is 1. The Labute approximate surface area is 117 Å². The van der Waals surface area contributed by atoms with Crippen molar-refractivity contribution in [2.75, 3.05) is 24.3 Å². The molecule has 0 unspecified atom stereocenters. The van der Waals surface area contributed by atoms with Gasteiger partial charge in [-0.2, -0.15) is 4.98 Å². The minimum atomic E-state index is 0.633. The van der Waals surface area contributed by atoms with Crippen molar-refractivity contribution in [3.63, 3.8) is 0 Å². The molecule has 2 aromatic heterocycles. The molecule has 0 saturated heterocycles. The summed E-state index contributed by atoms with van der Waals surface area (Å²) in [7, 11) is 3.82. The number of nitrogens with zero attached hydrogens (tertiary/aromatic N) is 3. The molecule has 0 aliphatic rings. The molecule has 0 spiro atoms. The summed E-state index contributed by atoms with van der Waals surface area (Å²) in [6.45, 7) is 0.633. The zero-order valence-electron chi connectivity index (χ0n) is 11.5. The second-order valence-electron chi connectivity index (χ2n) is 4.57. The summed E-state index contributed by atoms with van der Waals surface area (Å²) >= 11 is 0. The van der Waals surface area contributed by atoms with E-state index in [1.165, 1.54) is 0 Å². The molecule has 0 radical (unpaired) electrons. The highest BCUT2D eigenvalue weighted by molar-refractivity contribution is 5.89. The number of rotatable bonds is 4. The second-order valence-corrected chi connectivity index (χ2v) is 4.57. The van der Waals surface area contributed by atoms with Crippen LogP contribution in [-0.2, 0) is 6.54 Å². The first kappa shape index (κ1) is 12.5. The van der Waals surface area contributed by atoms with Gasteiger partial charge in [0.15, 0.2) is 0 Å². The lowest BCUT2D eigenvalue weighted by atomic mass is 10.2. The topological polar surface area (TPSA) is 54.2 Å². The van der Waals surface area contributed by atoms with Crippen LogP contribution < -0.4 is 10.2 Å². The van der Waals surface area contributed by atoms with Crippen LogP contribution in [-0.4, -0.2) is 24.1 Å². The lowest BCUT2D eigenvalue weighted by Gasteiger charge is -2.17. The van der Waals surface area contributed by atoms with Crippen molar-refractivity contribution in [1.29, 1.82) is 0 Å². The van der Waals surface area contributed by atoms with Crippen molar-refractivity contribution in [2.24, 2.45) is 0 Å². The predicted octanol–water partition coefficient (Wildman–Crippen LogP) is 2.90. The Kier molecular flexibility index (Phi) is 3.25. The number of nitrogens with one attached hydrogen (secondary N) is 1. The molecule has 2 heterocycles. The fourth-order valence-electron chi connectivity index (χ4n) is 2.13. The molecular formula is C15H16N4O. The molecule has 0 amide bonds. The zero-order chi connectivity index (χ0) is 13.9. The fraction of sp³-hybridized carbons (Fsp3) is 0.200. The highest BCUT2D eigenvalue weighted by atomic mass is 16.3. The van der Waals surface area contributed by atoms with Crippen molar-refractivity contribution in [3.8, 4) is 0 Å². The van der Waals surface area contributed by atoms with Crippen molar-refractivity contribution >= 4 is 22.7 Å². The number of anilines is 2. The summed E-state index contributed by atoms with van der Waals surface area (Å²) in [6, 6.07) is 11.8. The Morgan fingerprint density at radius 2 is 2.00 bits per heavy atom. The maximum absolute atomic E-state index is 5.36. The van der Waals surface area contributed by atoms with Crippen LogP contribution in [0.3, 0.4) is 0 Å². The summed E-state index contributed by atoms with van der Waals surface area (Å²) in [5, 5.41) is 4.14. The van der Waals surface area contributed by atoms with Gasteiger partial charge in [0.05, 0.1) is 18.3 Å². The van der Waals surface area contributed by atoms with E-state index >= 15 is 0 Å². The highest BCUT2D eigenvalue weighted by Gasteiger charge is 2.11. The van der Waals surface area contributed by atoms with Crippen molar-refractivity contribution in [1.82, 2.24) is 9.97 Å². The number of hydrogen-bond donors (Lipinski definition) is 1. The first-order chi connectivity index (χ1) is 9.78. The van der Waals surface area contributed by atoms with Crippen molar-refractivity contribution in [2.45, 2.75) is 6.54 Å². The zero-order valence-corrected chi connectivity index (χ0v) is 11.5. The predicted molar refractivity (Wildman–Crippen MR) is 79.9 cm³/mol. The molecule has 5 heteroatoms.